The van der Waals surface area contributed by atoms with Crippen LogP contribution in [0.3, 0.4) is 0 Å². The zero-order valence-electron chi connectivity index (χ0n) is 9.94. The molecule has 3 heterocycles. The van der Waals surface area contributed by atoms with E-state index in [-0.39, 0.29) is 5.56 Å². The first kappa shape index (κ1) is 11.3. The van der Waals surface area contributed by atoms with Crippen LogP contribution in [0.2, 0.25) is 0 Å². The Labute approximate surface area is 104 Å². The van der Waals surface area contributed by atoms with Crippen molar-refractivity contribution < 1.29 is 0 Å². The topological polar surface area (TPSA) is 82.7 Å². The van der Waals surface area contributed by atoms with Gasteiger partial charge in [0.25, 0.3) is 5.56 Å². The van der Waals surface area contributed by atoms with Crippen LogP contribution in [0.25, 0.3) is 10.9 Å². The number of hydrogen-bond acceptors (Lipinski definition) is 5. The van der Waals surface area contributed by atoms with E-state index in [1.807, 2.05) is 0 Å². The molecule has 0 unspecified atom stereocenters. The van der Waals surface area contributed by atoms with E-state index < -0.39 is 0 Å². The van der Waals surface area contributed by atoms with Gasteiger partial charge in [0.05, 0.1) is 17.4 Å². The van der Waals surface area contributed by atoms with Crippen LogP contribution in [0, 0.1) is 5.92 Å². The lowest BCUT2D eigenvalue weighted by Gasteiger charge is -2.27. The third kappa shape index (κ3) is 2.12. The van der Waals surface area contributed by atoms with Crippen molar-refractivity contribution in [2.24, 2.45) is 5.92 Å². The number of H-pyrrole nitrogens is 1. The first-order valence-electron chi connectivity index (χ1n) is 6.07. The largest absolute Gasteiger partial charge is 0.316 e. The van der Waals surface area contributed by atoms with Crippen molar-refractivity contribution in [3.63, 3.8) is 0 Å². The molecule has 0 radical (unpaired) electrons. The van der Waals surface area contributed by atoms with Gasteiger partial charge in [-0.25, -0.2) is 4.98 Å². The first-order chi connectivity index (χ1) is 8.84. The van der Waals surface area contributed by atoms with Gasteiger partial charge >= 0.3 is 0 Å². The van der Waals surface area contributed by atoms with E-state index in [1.165, 1.54) is 6.33 Å². The molecule has 1 saturated heterocycles. The molecule has 6 nitrogen and oxygen atoms in total. The van der Waals surface area contributed by atoms with Crippen molar-refractivity contribution in [2.45, 2.75) is 6.54 Å². The maximum absolute atomic E-state index is 11.6. The Morgan fingerprint density at radius 1 is 1.39 bits per heavy atom. The summed E-state index contributed by atoms with van der Waals surface area (Å²) in [6.45, 7) is 3.76. The van der Waals surface area contributed by atoms with E-state index in [0.29, 0.717) is 23.4 Å². The third-order valence-electron chi connectivity index (χ3n) is 3.23. The van der Waals surface area contributed by atoms with Crippen molar-refractivity contribution in [3.8, 4) is 0 Å². The van der Waals surface area contributed by atoms with E-state index in [4.69, 9.17) is 0 Å². The van der Waals surface area contributed by atoms with E-state index in [1.54, 1.807) is 12.3 Å². The lowest BCUT2D eigenvalue weighted by Crippen LogP contribution is -2.47. The predicted octanol–water partition coefficient (Wildman–Crippen LogP) is -0.373. The van der Waals surface area contributed by atoms with E-state index in [9.17, 15) is 4.79 Å². The van der Waals surface area contributed by atoms with Gasteiger partial charge in [-0.05, 0) is 12.0 Å². The summed E-state index contributed by atoms with van der Waals surface area (Å²) in [6, 6.07) is 1.69. The van der Waals surface area contributed by atoms with Crippen LogP contribution in [0.1, 0.15) is 5.69 Å². The Balaban J connectivity index is 1.78. The van der Waals surface area contributed by atoms with Gasteiger partial charge in [0.1, 0.15) is 5.52 Å². The molecule has 3 N–H and O–H groups in total. The molecule has 94 valence electrons. The van der Waals surface area contributed by atoms with E-state index in [2.05, 4.69) is 25.6 Å². The Morgan fingerprint density at radius 3 is 3.06 bits per heavy atom. The van der Waals surface area contributed by atoms with Crippen molar-refractivity contribution in [1.29, 1.82) is 0 Å². The van der Waals surface area contributed by atoms with Gasteiger partial charge in [-0.15, -0.1) is 0 Å². The molecule has 1 aliphatic heterocycles. The number of nitrogens with one attached hydrogen (secondary N) is 3. The number of fused-ring (bicyclic) bond motifs is 1. The second kappa shape index (κ2) is 4.83. The van der Waals surface area contributed by atoms with Crippen LogP contribution < -0.4 is 16.2 Å². The summed E-state index contributed by atoms with van der Waals surface area (Å²) in [5, 5.41) is 7.19. The molecular weight excluding hydrogens is 230 g/mol. The Morgan fingerprint density at radius 2 is 2.28 bits per heavy atom. The maximum Gasteiger partial charge on any atom is 0.258 e. The number of pyridine rings is 1. The van der Waals surface area contributed by atoms with Gasteiger partial charge in [-0.1, -0.05) is 0 Å². The van der Waals surface area contributed by atoms with Crippen molar-refractivity contribution in [3.05, 3.63) is 34.6 Å². The second-order valence-corrected chi connectivity index (χ2v) is 4.54. The molecule has 0 spiro atoms. The summed E-state index contributed by atoms with van der Waals surface area (Å²) in [5.74, 6) is 0.705. The summed E-state index contributed by atoms with van der Waals surface area (Å²) in [5.41, 5.74) is 1.39. The average molecular weight is 245 g/mol. The highest BCUT2D eigenvalue weighted by molar-refractivity contribution is 5.78. The lowest BCUT2D eigenvalue weighted by molar-refractivity contribution is 0.331. The molecule has 2 aromatic rings. The summed E-state index contributed by atoms with van der Waals surface area (Å²) < 4.78 is 0. The SMILES string of the molecule is O=c1[nH]cnc2c(CNCC3CNC3)nccc12. The zero-order valence-corrected chi connectivity index (χ0v) is 9.94. The Hall–Kier alpha value is -1.79. The van der Waals surface area contributed by atoms with Gasteiger partial charge in [0.15, 0.2) is 0 Å². The highest BCUT2D eigenvalue weighted by Crippen LogP contribution is 2.09. The van der Waals surface area contributed by atoms with Gasteiger partial charge in [-0.2, -0.15) is 0 Å². The third-order valence-corrected chi connectivity index (χ3v) is 3.23. The van der Waals surface area contributed by atoms with E-state index >= 15 is 0 Å². The fourth-order valence-electron chi connectivity index (χ4n) is 2.07. The standard InChI is InChI=1S/C12H15N5O/c18-12-9-1-2-15-10(11(9)16-7-17-12)6-14-5-8-3-13-4-8/h1-2,7-8,13-14H,3-6H2,(H,16,17,18). The molecule has 1 fully saturated rings. The van der Waals surface area contributed by atoms with Crippen LogP contribution in [0.4, 0.5) is 0 Å². The van der Waals surface area contributed by atoms with Crippen LogP contribution in [0.5, 0.6) is 0 Å². The van der Waals surface area contributed by atoms with Crippen LogP contribution >= 0.6 is 0 Å². The molecule has 18 heavy (non-hydrogen) atoms. The van der Waals surface area contributed by atoms with Gasteiger partial charge in [0, 0.05) is 32.4 Å². The minimum atomic E-state index is -0.119. The summed E-state index contributed by atoms with van der Waals surface area (Å²) in [6.07, 6.45) is 3.08. The quantitative estimate of drug-likeness (QED) is 0.684. The minimum absolute atomic E-state index is 0.119. The van der Waals surface area contributed by atoms with Crippen molar-refractivity contribution >= 4 is 10.9 Å². The maximum atomic E-state index is 11.6. The van der Waals surface area contributed by atoms with Crippen molar-refractivity contribution in [1.82, 2.24) is 25.6 Å². The first-order valence-corrected chi connectivity index (χ1v) is 6.07. The monoisotopic (exact) mass is 245 g/mol. The fraction of sp³-hybridized carbons (Fsp3) is 0.417. The molecule has 0 aliphatic carbocycles. The van der Waals surface area contributed by atoms with Gasteiger partial charge in [0.2, 0.25) is 0 Å². The number of aromatic amines is 1. The number of rotatable bonds is 4. The molecule has 0 atom stereocenters. The summed E-state index contributed by atoms with van der Waals surface area (Å²) in [7, 11) is 0. The van der Waals surface area contributed by atoms with Crippen LogP contribution in [-0.2, 0) is 6.54 Å². The summed E-state index contributed by atoms with van der Waals surface area (Å²) in [4.78, 5) is 22.7. The predicted molar refractivity (Wildman–Crippen MR) is 68.2 cm³/mol. The minimum Gasteiger partial charge on any atom is -0.316 e. The number of aromatic nitrogens is 3. The molecule has 0 aromatic carbocycles. The normalized spacial score (nSPS) is 15.8. The van der Waals surface area contributed by atoms with E-state index in [0.717, 1.165) is 25.3 Å². The van der Waals surface area contributed by atoms with Crippen molar-refractivity contribution in [2.75, 3.05) is 19.6 Å². The lowest BCUT2D eigenvalue weighted by atomic mass is 10.0. The molecule has 1 aliphatic rings. The number of hydrogen-bond donors (Lipinski definition) is 3. The smallest absolute Gasteiger partial charge is 0.258 e. The highest BCUT2D eigenvalue weighted by Gasteiger charge is 2.16. The Bertz CT molecular complexity index is 605. The molecular formula is C12H15N5O. The second-order valence-electron chi connectivity index (χ2n) is 4.54. The molecule has 0 saturated carbocycles. The summed E-state index contributed by atoms with van der Waals surface area (Å²) >= 11 is 0. The molecule has 2 aromatic heterocycles. The van der Waals surface area contributed by atoms with Gasteiger partial charge < -0.3 is 15.6 Å². The highest BCUT2D eigenvalue weighted by atomic mass is 16.1. The zero-order chi connectivity index (χ0) is 12.4. The average Bonchev–Trinajstić information content (AvgIpc) is 2.33. The van der Waals surface area contributed by atoms with Crippen LogP contribution in [0.15, 0.2) is 23.4 Å². The Kier molecular flexibility index (Phi) is 3.04. The molecule has 0 bridgehead atoms. The van der Waals surface area contributed by atoms with Gasteiger partial charge in [-0.3, -0.25) is 9.78 Å². The fourth-order valence-corrected chi connectivity index (χ4v) is 2.07. The molecule has 0 amide bonds. The molecule has 6 heteroatoms. The molecule has 3 rings (SSSR count). The van der Waals surface area contributed by atoms with Crippen LogP contribution in [-0.4, -0.2) is 34.6 Å². The number of nitrogens with zero attached hydrogens (tertiary/aromatic N) is 2.